The maximum Gasteiger partial charge on any atom is 0.303 e. The Labute approximate surface area is 271 Å². The summed E-state index contributed by atoms with van der Waals surface area (Å²) in [5.41, 5.74) is 4.28. The van der Waals surface area contributed by atoms with Crippen LogP contribution >= 0.6 is 0 Å². The predicted octanol–water partition coefficient (Wildman–Crippen LogP) is 4.26. The first-order chi connectivity index (χ1) is 22.8. The average molecular weight is 643 g/mol. The van der Waals surface area contributed by atoms with Gasteiger partial charge in [0.1, 0.15) is 24.5 Å². The molecule has 244 valence electrons. The van der Waals surface area contributed by atoms with Gasteiger partial charge in [-0.25, -0.2) is 14.4 Å². The lowest BCUT2D eigenvalue weighted by Gasteiger charge is -2.14. The van der Waals surface area contributed by atoms with E-state index in [0.29, 0.717) is 31.6 Å². The van der Waals surface area contributed by atoms with Gasteiger partial charge in [-0.2, -0.15) is 0 Å². The van der Waals surface area contributed by atoms with E-state index in [-0.39, 0.29) is 49.5 Å². The number of aryl methyl sites for hydroxylation is 1. The highest BCUT2D eigenvalue weighted by Gasteiger charge is 2.28. The molecule has 12 nitrogen and oxygen atoms in total. The summed E-state index contributed by atoms with van der Waals surface area (Å²) in [6.45, 7) is 1.07. The first kappa shape index (κ1) is 34.3. The number of pyridine rings is 2. The first-order valence-corrected chi connectivity index (χ1v) is 15.2. The second-order valence-electron chi connectivity index (χ2n) is 10.6. The highest BCUT2D eigenvalue weighted by molar-refractivity contribution is 6.01. The number of rotatable bonds is 14. The van der Waals surface area contributed by atoms with E-state index < -0.39 is 5.97 Å². The predicted molar refractivity (Wildman–Crippen MR) is 169 cm³/mol. The van der Waals surface area contributed by atoms with Crippen LogP contribution in [0.2, 0.25) is 0 Å². The number of amides is 3. The van der Waals surface area contributed by atoms with Gasteiger partial charge in [0.25, 0.3) is 0 Å². The molecular formula is C34H35FN6O6. The molecule has 5 rings (SSSR count). The van der Waals surface area contributed by atoms with Crippen molar-refractivity contribution >= 4 is 23.7 Å². The zero-order chi connectivity index (χ0) is 33.4. The van der Waals surface area contributed by atoms with Gasteiger partial charge < -0.3 is 15.2 Å². The van der Waals surface area contributed by atoms with Crippen LogP contribution in [0.1, 0.15) is 44.1 Å². The molecule has 0 aliphatic carbocycles. The molecule has 0 unspecified atom stereocenters. The van der Waals surface area contributed by atoms with Crippen molar-refractivity contribution in [1.82, 2.24) is 30.2 Å². The Hall–Kier alpha value is -5.59. The van der Waals surface area contributed by atoms with E-state index in [4.69, 9.17) is 9.84 Å². The number of aromatic nitrogens is 4. The number of imide groups is 1. The van der Waals surface area contributed by atoms with Crippen molar-refractivity contribution in [3.8, 4) is 28.3 Å². The summed E-state index contributed by atoms with van der Waals surface area (Å²) < 4.78 is 18.4. The zero-order valence-corrected chi connectivity index (χ0v) is 25.7. The van der Waals surface area contributed by atoms with Crippen molar-refractivity contribution in [3.05, 3.63) is 91.0 Å². The van der Waals surface area contributed by atoms with Gasteiger partial charge in [-0.05, 0) is 67.3 Å². The van der Waals surface area contributed by atoms with E-state index in [1.807, 2.05) is 12.1 Å². The minimum atomic E-state index is -0.885. The maximum atomic E-state index is 12.9. The van der Waals surface area contributed by atoms with Gasteiger partial charge in [0.05, 0.1) is 24.1 Å². The van der Waals surface area contributed by atoms with Crippen LogP contribution in [0.4, 0.5) is 4.39 Å². The number of halogens is 1. The monoisotopic (exact) mass is 642 g/mol. The SMILES string of the molecule is O=C(O)CCCC(=O)NCCCc1ccc(-c2ccc(F)cc2)nc1.O=C1CCC(=O)N1CCOc1ccc(-c2cncnc2)nc1. The average Bonchev–Trinajstić information content (AvgIpc) is 3.41. The van der Waals surface area contributed by atoms with Crippen LogP contribution in [0.5, 0.6) is 5.75 Å². The quantitative estimate of drug-likeness (QED) is 0.150. The fourth-order valence-corrected chi connectivity index (χ4v) is 4.57. The van der Waals surface area contributed by atoms with Gasteiger partial charge in [0.2, 0.25) is 17.7 Å². The molecule has 1 aliphatic heterocycles. The number of nitrogens with zero attached hydrogens (tertiary/aromatic N) is 5. The number of carbonyl (C=O) groups is 4. The number of hydrogen-bond acceptors (Lipinski definition) is 9. The molecule has 0 atom stereocenters. The summed E-state index contributed by atoms with van der Waals surface area (Å²) in [6.07, 6.45) is 11.0. The van der Waals surface area contributed by atoms with Crippen molar-refractivity contribution in [2.24, 2.45) is 0 Å². The molecule has 2 N–H and O–H groups in total. The maximum absolute atomic E-state index is 12.9. The highest BCUT2D eigenvalue weighted by atomic mass is 19.1. The van der Waals surface area contributed by atoms with Crippen LogP contribution in [-0.2, 0) is 25.6 Å². The lowest BCUT2D eigenvalue weighted by molar-refractivity contribution is -0.139. The number of benzene rings is 1. The minimum Gasteiger partial charge on any atom is -0.490 e. The molecule has 4 heterocycles. The largest absolute Gasteiger partial charge is 0.490 e. The number of carbonyl (C=O) groups excluding carboxylic acids is 3. The summed E-state index contributed by atoms with van der Waals surface area (Å²) in [6, 6.07) is 13.7. The molecule has 47 heavy (non-hydrogen) atoms. The summed E-state index contributed by atoms with van der Waals surface area (Å²) in [5.74, 6) is -0.960. The van der Waals surface area contributed by atoms with Crippen molar-refractivity contribution < 1.29 is 33.4 Å². The van der Waals surface area contributed by atoms with Gasteiger partial charge in [0, 0.05) is 61.9 Å². The van der Waals surface area contributed by atoms with Crippen molar-refractivity contribution in [1.29, 1.82) is 0 Å². The molecule has 0 bridgehead atoms. The molecule has 0 saturated carbocycles. The molecule has 0 spiro atoms. The lowest BCUT2D eigenvalue weighted by Crippen LogP contribution is -2.33. The molecule has 1 saturated heterocycles. The fourth-order valence-electron chi connectivity index (χ4n) is 4.57. The normalized spacial score (nSPS) is 12.3. The third-order valence-corrected chi connectivity index (χ3v) is 7.05. The molecule has 3 amide bonds. The van der Waals surface area contributed by atoms with Crippen molar-refractivity contribution in [3.63, 3.8) is 0 Å². The van der Waals surface area contributed by atoms with E-state index in [2.05, 4.69) is 25.3 Å². The summed E-state index contributed by atoms with van der Waals surface area (Å²) in [4.78, 5) is 62.6. The fraction of sp³-hybridized carbons (Fsp3) is 0.294. The Morgan fingerprint density at radius 1 is 0.830 bits per heavy atom. The number of nitrogens with one attached hydrogen (secondary N) is 1. The second kappa shape index (κ2) is 17.8. The van der Waals surface area contributed by atoms with Crippen LogP contribution in [0.3, 0.4) is 0 Å². The van der Waals surface area contributed by atoms with E-state index in [9.17, 15) is 23.6 Å². The number of hydrogen-bond donors (Lipinski definition) is 2. The van der Waals surface area contributed by atoms with E-state index in [1.54, 1.807) is 49.1 Å². The summed E-state index contributed by atoms with van der Waals surface area (Å²) in [7, 11) is 0. The minimum absolute atomic E-state index is 0.0134. The Bertz CT molecular complexity index is 1600. The van der Waals surface area contributed by atoms with Gasteiger partial charge in [-0.3, -0.25) is 34.0 Å². The van der Waals surface area contributed by atoms with Crippen LogP contribution in [0.25, 0.3) is 22.5 Å². The van der Waals surface area contributed by atoms with E-state index in [1.165, 1.54) is 23.4 Å². The highest BCUT2D eigenvalue weighted by Crippen LogP contribution is 2.19. The summed E-state index contributed by atoms with van der Waals surface area (Å²) in [5, 5.41) is 11.3. The third kappa shape index (κ3) is 11.4. The Kier molecular flexibility index (Phi) is 13.0. The molecule has 13 heteroatoms. The molecular weight excluding hydrogens is 607 g/mol. The number of carboxylic acid groups (broad SMARTS) is 1. The first-order valence-electron chi connectivity index (χ1n) is 15.2. The molecule has 1 aromatic carbocycles. The van der Waals surface area contributed by atoms with Crippen LogP contribution in [0.15, 0.2) is 79.6 Å². The topological polar surface area (TPSA) is 165 Å². The van der Waals surface area contributed by atoms with Gasteiger partial charge >= 0.3 is 5.97 Å². The Morgan fingerprint density at radius 3 is 2.15 bits per heavy atom. The number of ether oxygens (including phenoxy) is 1. The van der Waals surface area contributed by atoms with E-state index in [0.717, 1.165) is 40.9 Å². The van der Waals surface area contributed by atoms with Gasteiger partial charge in [-0.15, -0.1) is 0 Å². The zero-order valence-electron chi connectivity index (χ0n) is 25.7. The standard InChI is InChI=1S/C19H21FN2O3.C15H14N4O3/c20-16-9-7-15(8-10-16)17-11-6-14(13-22-17)3-2-12-21-18(23)4-1-5-19(24)25;20-14-3-4-15(21)19(14)5-6-22-12-1-2-13(18-9-12)11-7-16-10-17-8-11/h6-11,13H,1-5,12H2,(H,21,23)(H,24,25);1-2,7-10H,3-6H2. The Balaban J connectivity index is 0.000000214. The molecule has 1 fully saturated rings. The van der Waals surface area contributed by atoms with Crippen LogP contribution < -0.4 is 10.1 Å². The summed E-state index contributed by atoms with van der Waals surface area (Å²) >= 11 is 0. The number of likely N-dealkylation sites (tertiary alicyclic amines) is 1. The Morgan fingerprint density at radius 2 is 1.51 bits per heavy atom. The number of carboxylic acids is 1. The molecule has 4 aromatic rings. The van der Waals surface area contributed by atoms with Crippen LogP contribution in [-0.4, -0.2) is 73.3 Å². The smallest absolute Gasteiger partial charge is 0.303 e. The molecule has 3 aromatic heterocycles. The van der Waals surface area contributed by atoms with Crippen molar-refractivity contribution in [2.75, 3.05) is 19.7 Å². The second-order valence-corrected chi connectivity index (χ2v) is 10.6. The third-order valence-electron chi connectivity index (χ3n) is 7.05. The van der Waals surface area contributed by atoms with Gasteiger partial charge in [-0.1, -0.05) is 6.07 Å². The molecule has 0 radical (unpaired) electrons. The molecule has 1 aliphatic rings. The van der Waals surface area contributed by atoms with E-state index >= 15 is 0 Å². The van der Waals surface area contributed by atoms with Gasteiger partial charge in [0.15, 0.2) is 0 Å². The van der Waals surface area contributed by atoms with Crippen LogP contribution in [0, 0.1) is 5.82 Å². The lowest BCUT2D eigenvalue weighted by atomic mass is 10.1. The van der Waals surface area contributed by atoms with Crippen molar-refractivity contribution in [2.45, 2.75) is 44.9 Å². The number of aliphatic carboxylic acids is 1.